The summed E-state index contributed by atoms with van der Waals surface area (Å²) in [5.41, 5.74) is 1.48. The smallest absolute Gasteiger partial charge is 0.257 e. The van der Waals surface area contributed by atoms with Gasteiger partial charge in [-0.25, -0.2) is 4.39 Å². The Morgan fingerprint density at radius 3 is 2.76 bits per heavy atom. The van der Waals surface area contributed by atoms with Gasteiger partial charge in [-0.3, -0.25) is 9.48 Å². The van der Waals surface area contributed by atoms with Gasteiger partial charge < -0.3 is 9.88 Å². The van der Waals surface area contributed by atoms with Crippen LogP contribution < -0.4 is 5.56 Å². The number of nitrogens with one attached hydrogen (secondary N) is 1. The zero-order valence-electron chi connectivity index (χ0n) is 14.7. The molecule has 0 spiro atoms. The molecule has 132 valence electrons. The molecule has 4 rings (SSSR count). The van der Waals surface area contributed by atoms with Crippen molar-refractivity contribution in [3.63, 3.8) is 0 Å². The lowest BCUT2D eigenvalue weighted by atomic mass is 9.91. The molecular formula is C19H23FN4O. The lowest BCUT2D eigenvalue weighted by molar-refractivity contribution is 0.211. The Hall–Kier alpha value is -2.21. The number of benzene rings is 1. The van der Waals surface area contributed by atoms with Crippen molar-refractivity contribution >= 4 is 21.8 Å². The molecule has 0 radical (unpaired) electrons. The van der Waals surface area contributed by atoms with E-state index in [1.807, 2.05) is 7.05 Å². The largest absolute Gasteiger partial charge is 0.306 e. The SMILES string of the molecule is CCCN1CCC(c2nn(C)c3[nH]c(=O)c4cc(F)ccc4c23)CC1. The summed E-state index contributed by atoms with van der Waals surface area (Å²) in [6.45, 7) is 5.50. The second-order valence-corrected chi connectivity index (χ2v) is 6.99. The van der Waals surface area contributed by atoms with Crippen LogP contribution in [0.3, 0.4) is 0 Å². The summed E-state index contributed by atoms with van der Waals surface area (Å²) >= 11 is 0. The summed E-state index contributed by atoms with van der Waals surface area (Å²) in [6.07, 6.45) is 3.30. The Labute approximate surface area is 145 Å². The average molecular weight is 342 g/mol. The fourth-order valence-electron chi connectivity index (χ4n) is 4.08. The molecule has 2 aromatic heterocycles. The molecule has 1 aliphatic heterocycles. The Morgan fingerprint density at radius 2 is 2.04 bits per heavy atom. The predicted octanol–water partition coefficient (Wildman–Crippen LogP) is 3.14. The highest BCUT2D eigenvalue weighted by Gasteiger charge is 2.26. The Kier molecular flexibility index (Phi) is 4.07. The first-order valence-electron chi connectivity index (χ1n) is 8.99. The average Bonchev–Trinajstić information content (AvgIpc) is 2.93. The van der Waals surface area contributed by atoms with Crippen molar-refractivity contribution in [3.8, 4) is 0 Å². The summed E-state index contributed by atoms with van der Waals surface area (Å²) < 4.78 is 15.4. The van der Waals surface area contributed by atoms with Gasteiger partial charge in [-0.15, -0.1) is 0 Å². The van der Waals surface area contributed by atoms with Crippen LogP contribution >= 0.6 is 0 Å². The standard InChI is InChI=1S/C19H23FN4O/c1-3-8-24-9-6-12(7-10-24)17-16-14-5-4-13(20)11-15(14)19(25)21-18(16)23(2)22-17/h4-5,11-12H,3,6-10H2,1-2H3,(H,21,25). The van der Waals surface area contributed by atoms with Crippen molar-refractivity contribution in [2.75, 3.05) is 19.6 Å². The fourth-order valence-corrected chi connectivity index (χ4v) is 4.08. The van der Waals surface area contributed by atoms with E-state index in [-0.39, 0.29) is 5.56 Å². The second-order valence-electron chi connectivity index (χ2n) is 6.99. The van der Waals surface area contributed by atoms with Crippen LogP contribution in [0.5, 0.6) is 0 Å². The summed E-state index contributed by atoms with van der Waals surface area (Å²) in [5, 5.41) is 6.88. The van der Waals surface area contributed by atoms with Crippen molar-refractivity contribution in [1.82, 2.24) is 19.7 Å². The molecule has 0 atom stereocenters. The molecule has 1 saturated heterocycles. The zero-order chi connectivity index (χ0) is 17.6. The molecule has 3 heterocycles. The van der Waals surface area contributed by atoms with E-state index in [1.165, 1.54) is 18.6 Å². The molecule has 0 saturated carbocycles. The van der Waals surface area contributed by atoms with Crippen molar-refractivity contribution in [2.24, 2.45) is 7.05 Å². The number of hydrogen-bond acceptors (Lipinski definition) is 3. The quantitative estimate of drug-likeness (QED) is 0.795. The maximum atomic E-state index is 13.6. The van der Waals surface area contributed by atoms with Crippen molar-refractivity contribution in [3.05, 3.63) is 40.1 Å². The number of pyridine rings is 1. The Morgan fingerprint density at radius 1 is 1.28 bits per heavy atom. The van der Waals surface area contributed by atoms with E-state index in [2.05, 4.69) is 16.8 Å². The highest BCUT2D eigenvalue weighted by atomic mass is 19.1. The molecular weight excluding hydrogens is 319 g/mol. The van der Waals surface area contributed by atoms with Crippen molar-refractivity contribution < 1.29 is 4.39 Å². The molecule has 6 heteroatoms. The van der Waals surface area contributed by atoms with Crippen molar-refractivity contribution in [1.29, 1.82) is 0 Å². The highest BCUT2D eigenvalue weighted by molar-refractivity contribution is 6.05. The number of fused-ring (bicyclic) bond motifs is 3. The number of aromatic amines is 1. The van der Waals surface area contributed by atoms with Crippen LogP contribution in [0.25, 0.3) is 21.8 Å². The molecule has 3 aromatic rings. The van der Waals surface area contributed by atoms with E-state index in [0.29, 0.717) is 11.3 Å². The molecule has 1 aromatic carbocycles. The van der Waals surface area contributed by atoms with E-state index < -0.39 is 5.82 Å². The third kappa shape index (κ3) is 2.74. The first-order valence-corrected chi connectivity index (χ1v) is 8.99. The number of rotatable bonds is 3. The molecule has 5 nitrogen and oxygen atoms in total. The van der Waals surface area contributed by atoms with Gasteiger partial charge in [0.15, 0.2) is 0 Å². The topological polar surface area (TPSA) is 53.9 Å². The lowest BCUT2D eigenvalue weighted by Crippen LogP contribution is -2.33. The number of aromatic nitrogens is 3. The maximum Gasteiger partial charge on any atom is 0.257 e. The summed E-state index contributed by atoms with van der Waals surface area (Å²) in [7, 11) is 1.85. The Bertz CT molecular complexity index is 982. The van der Waals surface area contributed by atoms with E-state index in [4.69, 9.17) is 5.10 Å². The zero-order valence-corrected chi connectivity index (χ0v) is 14.7. The monoisotopic (exact) mass is 342 g/mol. The van der Waals surface area contributed by atoms with Crippen LogP contribution in [-0.4, -0.2) is 39.3 Å². The number of piperidine rings is 1. The van der Waals surface area contributed by atoms with Crippen LogP contribution in [0.2, 0.25) is 0 Å². The number of nitrogens with zero attached hydrogens (tertiary/aromatic N) is 3. The molecule has 0 amide bonds. The first-order chi connectivity index (χ1) is 12.1. The predicted molar refractivity (Wildman–Crippen MR) is 97.5 cm³/mol. The van der Waals surface area contributed by atoms with Gasteiger partial charge in [-0.2, -0.15) is 5.10 Å². The molecule has 0 unspecified atom stereocenters. The lowest BCUT2D eigenvalue weighted by Gasteiger charge is -2.31. The van der Waals surface area contributed by atoms with Gasteiger partial charge in [0.2, 0.25) is 0 Å². The van der Waals surface area contributed by atoms with Crippen LogP contribution in [0.4, 0.5) is 4.39 Å². The van der Waals surface area contributed by atoms with Crippen molar-refractivity contribution in [2.45, 2.75) is 32.1 Å². The minimum absolute atomic E-state index is 0.269. The molecule has 0 aliphatic carbocycles. The van der Waals surface area contributed by atoms with Crippen LogP contribution in [0.1, 0.15) is 37.8 Å². The van der Waals surface area contributed by atoms with Gasteiger partial charge in [0.05, 0.1) is 11.1 Å². The van der Waals surface area contributed by atoms with Crippen LogP contribution in [0.15, 0.2) is 23.0 Å². The second kappa shape index (κ2) is 6.26. The normalized spacial score (nSPS) is 16.9. The van der Waals surface area contributed by atoms with Gasteiger partial charge in [0, 0.05) is 23.7 Å². The van der Waals surface area contributed by atoms with Gasteiger partial charge in [0.25, 0.3) is 5.56 Å². The summed E-state index contributed by atoms with van der Waals surface area (Å²) in [4.78, 5) is 17.7. The van der Waals surface area contributed by atoms with E-state index >= 15 is 0 Å². The summed E-state index contributed by atoms with van der Waals surface area (Å²) in [6, 6.07) is 4.44. The number of aryl methyl sites for hydroxylation is 1. The third-order valence-corrected chi connectivity index (χ3v) is 5.32. The minimum Gasteiger partial charge on any atom is -0.306 e. The molecule has 1 fully saturated rings. The van der Waals surface area contributed by atoms with Crippen LogP contribution in [-0.2, 0) is 7.05 Å². The number of likely N-dealkylation sites (tertiary alicyclic amines) is 1. The number of hydrogen-bond donors (Lipinski definition) is 1. The third-order valence-electron chi connectivity index (χ3n) is 5.32. The Balaban J connectivity index is 1.84. The molecule has 1 aliphatic rings. The molecule has 0 bridgehead atoms. The van der Waals surface area contributed by atoms with Gasteiger partial charge in [-0.05, 0) is 51.0 Å². The highest BCUT2D eigenvalue weighted by Crippen LogP contribution is 2.34. The van der Waals surface area contributed by atoms with E-state index in [1.54, 1.807) is 10.7 Å². The minimum atomic E-state index is -0.393. The number of H-pyrrole nitrogens is 1. The van der Waals surface area contributed by atoms with Crippen LogP contribution in [0, 0.1) is 5.82 Å². The van der Waals surface area contributed by atoms with Gasteiger partial charge >= 0.3 is 0 Å². The van der Waals surface area contributed by atoms with Gasteiger partial charge in [-0.1, -0.05) is 13.0 Å². The van der Waals surface area contributed by atoms with E-state index in [0.717, 1.165) is 54.6 Å². The first kappa shape index (κ1) is 16.3. The fraction of sp³-hybridized carbons (Fsp3) is 0.474. The maximum absolute atomic E-state index is 13.6. The molecule has 25 heavy (non-hydrogen) atoms. The summed E-state index contributed by atoms with van der Waals surface area (Å²) in [5.74, 6) is -0.0216. The van der Waals surface area contributed by atoms with Gasteiger partial charge in [0.1, 0.15) is 11.5 Å². The van der Waals surface area contributed by atoms with E-state index in [9.17, 15) is 9.18 Å². The number of halogens is 1. The molecule has 1 N–H and O–H groups in total.